The number of anilines is 2. The van der Waals surface area contributed by atoms with Crippen LogP contribution in [0.5, 0.6) is 0 Å². The molecule has 2 heterocycles. The average molecular weight is 465 g/mol. The Kier molecular flexibility index (Phi) is 6.58. The number of halogens is 1. The third kappa shape index (κ3) is 5.18. The van der Waals surface area contributed by atoms with Crippen LogP contribution in [0.4, 0.5) is 11.4 Å². The van der Waals surface area contributed by atoms with E-state index in [0.717, 1.165) is 34.9 Å². The van der Waals surface area contributed by atoms with Gasteiger partial charge in [0.15, 0.2) is 5.11 Å². The number of thiocarbonyl (C=S) groups is 1. The van der Waals surface area contributed by atoms with Crippen LogP contribution in [0.1, 0.15) is 28.1 Å². The summed E-state index contributed by atoms with van der Waals surface area (Å²) in [6.45, 7) is 7.50. The first kappa shape index (κ1) is 22.0. The fraction of sp³-hybridized carbons (Fsp3) is 0.208. The summed E-state index contributed by atoms with van der Waals surface area (Å²) in [5, 5.41) is 16.8. The van der Waals surface area contributed by atoms with Crippen molar-refractivity contribution in [2.24, 2.45) is 0 Å². The monoisotopic (exact) mass is 464 g/mol. The summed E-state index contributed by atoms with van der Waals surface area (Å²) in [6, 6.07) is 16.1. The van der Waals surface area contributed by atoms with Crippen LogP contribution in [-0.2, 0) is 13.1 Å². The fourth-order valence-corrected chi connectivity index (χ4v) is 4.03. The van der Waals surface area contributed by atoms with Crippen molar-refractivity contribution in [3.63, 3.8) is 0 Å². The molecule has 2 aromatic heterocycles. The van der Waals surface area contributed by atoms with Crippen molar-refractivity contribution in [1.82, 2.24) is 19.6 Å². The van der Waals surface area contributed by atoms with Gasteiger partial charge in [0.25, 0.3) is 0 Å². The van der Waals surface area contributed by atoms with E-state index in [0.29, 0.717) is 16.7 Å². The molecule has 32 heavy (non-hydrogen) atoms. The number of hydrogen-bond donors (Lipinski definition) is 2. The quantitative estimate of drug-likeness (QED) is 0.365. The highest BCUT2D eigenvalue weighted by Crippen LogP contribution is 2.22. The SMILES string of the molecule is Cc1ccccc1Cn1nc(C)c(NC(=S)Nc2cnn(Cc3cccc(Cl)c3)c2)c1C. The van der Waals surface area contributed by atoms with E-state index in [-0.39, 0.29) is 0 Å². The Morgan fingerprint density at radius 3 is 2.62 bits per heavy atom. The fourth-order valence-electron chi connectivity index (χ4n) is 3.59. The van der Waals surface area contributed by atoms with E-state index < -0.39 is 0 Å². The Balaban J connectivity index is 1.41. The van der Waals surface area contributed by atoms with Crippen LogP contribution in [0.25, 0.3) is 0 Å². The Hall–Kier alpha value is -3.16. The van der Waals surface area contributed by atoms with E-state index in [9.17, 15) is 0 Å². The lowest BCUT2D eigenvalue weighted by molar-refractivity contribution is 0.657. The Bertz CT molecular complexity index is 1260. The second-order valence-electron chi connectivity index (χ2n) is 7.77. The maximum atomic E-state index is 6.07. The summed E-state index contributed by atoms with van der Waals surface area (Å²) in [4.78, 5) is 0. The Morgan fingerprint density at radius 1 is 1.03 bits per heavy atom. The van der Waals surface area contributed by atoms with Gasteiger partial charge in [0.1, 0.15) is 0 Å². The highest BCUT2D eigenvalue weighted by molar-refractivity contribution is 7.80. The molecule has 0 spiro atoms. The van der Waals surface area contributed by atoms with Crippen molar-refractivity contribution in [2.75, 3.05) is 10.6 Å². The van der Waals surface area contributed by atoms with Gasteiger partial charge in [-0.25, -0.2) is 0 Å². The molecule has 0 aliphatic heterocycles. The standard InChI is InChI=1S/C24H25ClN6S/c1-16-7-4-5-9-20(16)14-31-18(3)23(17(2)29-31)28-24(32)27-22-12-26-30(15-22)13-19-8-6-10-21(25)11-19/h4-12,15H,13-14H2,1-3H3,(H2,27,28,32). The second kappa shape index (κ2) is 9.54. The zero-order chi connectivity index (χ0) is 22.7. The molecule has 2 N–H and O–H groups in total. The molecule has 0 radical (unpaired) electrons. The molecule has 0 amide bonds. The lowest BCUT2D eigenvalue weighted by Crippen LogP contribution is -2.19. The topological polar surface area (TPSA) is 59.7 Å². The van der Waals surface area contributed by atoms with Gasteiger partial charge in [-0.2, -0.15) is 10.2 Å². The molecule has 164 valence electrons. The maximum absolute atomic E-state index is 6.07. The molecule has 0 saturated heterocycles. The van der Waals surface area contributed by atoms with Gasteiger partial charge in [-0.15, -0.1) is 0 Å². The predicted octanol–water partition coefficient (Wildman–Crippen LogP) is 5.56. The van der Waals surface area contributed by atoms with E-state index in [1.807, 2.05) is 59.7 Å². The smallest absolute Gasteiger partial charge is 0.175 e. The van der Waals surface area contributed by atoms with Crippen molar-refractivity contribution in [2.45, 2.75) is 33.9 Å². The molecular formula is C24H25ClN6S. The molecule has 0 aliphatic carbocycles. The van der Waals surface area contributed by atoms with Gasteiger partial charge in [-0.05, 0) is 61.8 Å². The van der Waals surface area contributed by atoms with Gasteiger partial charge in [0.05, 0.1) is 42.0 Å². The summed E-state index contributed by atoms with van der Waals surface area (Å²) in [7, 11) is 0. The van der Waals surface area contributed by atoms with Crippen LogP contribution in [0.15, 0.2) is 60.9 Å². The maximum Gasteiger partial charge on any atom is 0.175 e. The zero-order valence-corrected chi connectivity index (χ0v) is 19.8. The molecule has 0 bridgehead atoms. The van der Waals surface area contributed by atoms with E-state index >= 15 is 0 Å². The van der Waals surface area contributed by atoms with Crippen molar-refractivity contribution in [3.8, 4) is 0 Å². The van der Waals surface area contributed by atoms with Gasteiger partial charge in [0.2, 0.25) is 0 Å². The summed E-state index contributed by atoms with van der Waals surface area (Å²) in [5.41, 5.74) is 7.25. The molecule has 8 heteroatoms. The molecule has 6 nitrogen and oxygen atoms in total. The molecule has 2 aromatic carbocycles. The van der Waals surface area contributed by atoms with E-state index in [1.54, 1.807) is 6.20 Å². The third-order valence-corrected chi connectivity index (χ3v) is 5.77. The number of nitrogens with zero attached hydrogens (tertiary/aromatic N) is 4. The van der Waals surface area contributed by atoms with Crippen LogP contribution < -0.4 is 10.6 Å². The Morgan fingerprint density at radius 2 is 1.84 bits per heavy atom. The van der Waals surface area contributed by atoms with Gasteiger partial charge < -0.3 is 10.6 Å². The zero-order valence-electron chi connectivity index (χ0n) is 18.3. The van der Waals surface area contributed by atoms with Crippen LogP contribution >= 0.6 is 23.8 Å². The Labute approximate surface area is 198 Å². The highest BCUT2D eigenvalue weighted by Gasteiger charge is 2.14. The predicted molar refractivity (Wildman–Crippen MR) is 135 cm³/mol. The molecule has 4 aromatic rings. The number of rotatable bonds is 6. The van der Waals surface area contributed by atoms with Gasteiger partial charge >= 0.3 is 0 Å². The minimum absolute atomic E-state index is 0.494. The third-order valence-electron chi connectivity index (χ3n) is 5.33. The summed E-state index contributed by atoms with van der Waals surface area (Å²) in [5.74, 6) is 0. The summed E-state index contributed by atoms with van der Waals surface area (Å²) >= 11 is 11.6. The highest BCUT2D eigenvalue weighted by atomic mass is 35.5. The van der Waals surface area contributed by atoms with Crippen molar-refractivity contribution in [1.29, 1.82) is 0 Å². The van der Waals surface area contributed by atoms with Crippen molar-refractivity contribution < 1.29 is 0 Å². The first-order valence-electron chi connectivity index (χ1n) is 10.3. The van der Waals surface area contributed by atoms with E-state index in [1.165, 1.54) is 11.1 Å². The van der Waals surface area contributed by atoms with Crippen molar-refractivity contribution in [3.05, 3.63) is 94.0 Å². The van der Waals surface area contributed by atoms with Gasteiger partial charge in [-0.1, -0.05) is 48.0 Å². The van der Waals surface area contributed by atoms with Crippen LogP contribution in [0.2, 0.25) is 5.02 Å². The lowest BCUT2D eigenvalue weighted by atomic mass is 10.1. The summed E-state index contributed by atoms with van der Waals surface area (Å²) < 4.78 is 3.85. The van der Waals surface area contributed by atoms with Crippen LogP contribution in [0, 0.1) is 20.8 Å². The molecular weight excluding hydrogens is 440 g/mol. The normalized spacial score (nSPS) is 10.9. The van der Waals surface area contributed by atoms with Crippen LogP contribution in [-0.4, -0.2) is 24.7 Å². The first-order chi connectivity index (χ1) is 15.4. The number of benzene rings is 2. The molecule has 0 aliphatic rings. The van der Waals surface area contributed by atoms with E-state index in [2.05, 4.69) is 40.9 Å². The number of hydrogen-bond acceptors (Lipinski definition) is 3. The van der Waals surface area contributed by atoms with E-state index in [4.69, 9.17) is 28.9 Å². The summed E-state index contributed by atoms with van der Waals surface area (Å²) in [6.07, 6.45) is 3.66. The average Bonchev–Trinajstić information content (AvgIpc) is 3.28. The number of aryl methyl sites for hydroxylation is 2. The van der Waals surface area contributed by atoms with Crippen LogP contribution in [0.3, 0.4) is 0 Å². The minimum atomic E-state index is 0.494. The molecule has 0 atom stereocenters. The number of aromatic nitrogens is 4. The molecule has 0 fully saturated rings. The first-order valence-corrected chi connectivity index (χ1v) is 11.1. The molecule has 0 unspecified atom stereocenters. The van der Waals surface area contributed by atoms with Gasteiger partial charge in [0, 0.05) is 11.2 Å². The molecule has 0 saturated carbocycles. The second-order valence-corrected chi connectivity index (χ2v) is 8.61. The van der Waals surface area contributed by atoms with Crippen molar-refractivity contribution >= 4 is 40.3 Å². The molecule has 4 rings (SSSR count). The lowest BCUT2D eigenvalue weighted by Gasteiger charge is -2.11. The number of nitrogens with one attached hydrogen (secondary N) is 2. The minimum Gasteiger partial charge on any atom is -0.330 e. The van der Waals surface area contributed by atoms with Gasteiger partial charge in [-0.3, -0.25) is 9.36 Å². The largest absolute Gasteiger partial charge is 0.330 e.